The summed E-state index contributed by atoms with van der Waals surface area (Å²) in [6.45, 7) is 8.04. The minimum absolute atomic E-state index is 0.232. The molecule has 1 aromatic carbocycles. The molecular weight excluding hydrogens is 244 g/mol. The van der Waals surface area contributed by atoms with Gasteiger partial charge < -0.3 is 9.47 Å². The van der Waals surface area contributed by atoms with Gasteiger partial charge in [-0.3, -0.25) is 0 Å². The van der Waals surface area contributed by atoms with E-state index >= 15 is 0 Å². The van der Waals surface area contributed by atoms with Crippen LogP contribution < -0.4 is 4.74 Å². The Morgan fingerprint density at radius 2 is 2.00 bits per heavy atom. The molecule has 0 aliphatic carbocycles. The normalized spacial score (nSPS) is 13.4. The monoisotopic (exact) mass is 268 g/mol. The third kappa shape index (κ3) is 4.91. The zero-order chi connectivity index (χ0) is 13.6. The van der Waals surface area contributed by atoms with Gasteiger partial charge in [0.2, 0.25) is 0 Å². The molecular formula is C15H24O2S. The van der Waals surface area contributed by atoms with Crippen molar-refractivity contribution in [2.45, 2.75) is 27.4 Å². The minimum Gasteiger partial charge on any atom is -0.497 e. The van der Waals surface area contributed by atoms with Gasteiger partial charge in [-0.15, -0.1) is 0 Å². The van der Waals surface area contributed by atoms with Crippen LogP contribution in [0.1, 0.15) is 26.3 Å². The first-order chi connectivity index (χ1) is 8.47. The van der Waals surface area contributed by atoms with E-state index in [1.807, 2.05) is 18.2 Å². The van der Waals surface area contributed by atoms with Gasteiger partial charge in [0.05, 0.1) is 20.3 Å². The summed E-state index contributed by atoms with van der Waals surface area (Å²) in [6.07, 6.45) is 0. The standard InChI is InChI=1S/C15H24O2S/c1-15(2,3)13(11-18)10-17-9-12-6-5-7-14(8-12)16-4/h5-8,13,18H,9-11H2,1-4H3. The van der Waals surface area contributed by atoms with Crippen LogP contribution in [0.4, 0.5) is 0 Å². The summed E-state index contributed by atoms with van der Waals surface area (Å²) in [5.41, 5.74) is 1.37. The molecule has 0 bridgehead atoms. The zero-order valence-electron chi connectivity index (χ0n) is 11.8. The molecule has 2 nitrogen and oxygen atoms in total. The predicted molar refractivity (Wildman–Crippen MR) is 79.4 cm³/mol. The Morgan fingerprint density at radius 1 is 1.28 bits per heavy atom. The second kappa shape index (κ2) is 7.05. The Balaban J connectivity index is 2.45. The Hall–Kier alpha value is -0.670. The van der Waals surface area contributed by atoms with Gasteiger partial charge in [0.1, 0.15) is 5.75 Å². The molecule has 0 aliphatic rings. The van der Waals surface area contributed by atoms with Crippen molar-refractivity contribution in [1.82, 2.24) is 0 Å². The van der Waals surface area contributed by atoms with Gasteiger partial charge in [0.25, 0.3) is 0 Å². The lowest BCUT2D eigenvalue weighted by Gasteiger charge is -2.29. The molecule has 102 valence electrons. The average Bonchev–Trinajstić information content (AvgIpc) is 2.33. The molecule has 0 N–H and O–H groups in total. The number of benzene rings is 1. The average molecular weight is 268 g/mol. The van der Waals surface area contributed by atoms with E-state index in [1.165, 1.54) is 0 Å². The van der Waals surface area contributed by atoms with Crippen LogP contribution >= 0.6 is 12.6 Å². The second-order valence-electron chi connectivity index (χ2n) is 5.61. The van der Waals surface area contributed by atoms with Crippen LogP contribution in [0, 0.1) is 11.3 Å². The van der Waals surface area contributed by atoms with Gasteiger partial charge in [0.15, 0.2) is 0 Å². The largest absolute Gasteiger partial charge is 0.497 e. The third-order valence-corrected chi connectivity index (χ3v) is 3.61. The van der Waals surface area contributed by atoms with Gasteiger partial charge >= 0.3 is 0 Å². The van der Waals surface area contributed by atoms with Crippen molar-refractivity contribution in [3.63, 3.8) is 0 Å². The molecule has 0 heterocycles. The van der Waals surface area contributed by atoms with E-state index in [1.54, 1.807) is 7.11 Å². The van der Waals surface area contributed by atoms with E-state index in [-0.39, 0.29) is 5.41 Å². The fraction of sp³-hybridized carbons (Fsp3) is 0.600. The van der Waals surface area contributed by atoms with E-state index in [9.17, 15) is 0 Å². The Labute approximate surface area is 116 Å². The highest BCUT2D eigenvalue weighted by atomic mass is 32.1. The summed E-state index contributed by atoms with van der Waals surface area (Å²) in [5, 5.41) is 0. The van der Waals surface area contributed by atoms with Crippen molar-refractivity contribution < 1.29 is 9.47 Å². The van der Waals surface area contributed by atoms with E-state index in [2.05, 4.69) is 39.5 Å². The first kappa shape index (κ1) is 15.4. The smallest absolute Gasteiger partial charge is 0.119 e. The summed E-state index contributed by atoms with van der Waals surface area (Å²) >= 11 is 4.40. The first-order valence-corrected chi connectivity index (χ1v) is 6.92. The number of ether oxygens (including phenoxy) is 2. The predicted octanol–water partition coefficient (Wildman–Crippen LogP) is 3.80. The maximum atomic E-state index is 5.79. The molecule has 1 aromatic rings. The van der Waals surface area contributed by atoms with Crippen LogP contribution in [0.2, 0.25) is 0 Å². The lowest BCUT2D eigenvalue weighted by molar-refractivity contribution is 0.0560. The van der Waals surface area contributed by atoms with Crippen molar-refractivity contribution in [2.75, 3.05) is 19.5 Å². The molecule has 3 heteroatoms. The molecule has 0 saturated heterocycles. The fourth-order valence-electron chi connectivity index (χ4n) is 1.66. The van der Waals surface area contributed by atoms with Crippen molar-refractivity contribution >= 4 is 12.6 Å². The van der Waals surface area contributed by atoms with Crippen LogP contribution in [-0.2, 0) is 11.3 Å². The number of methoxy groups -OCH3 is 1. The summed E-state index contributed by atoms with van der Waals surface area (Å²) in [6, 6.07) is 7.98. The molecule has 0 radical (unpaired) electrons. The molecule has 1 unspecified atom stereocenters. The minimum atomic E-state index is 0.232. The molecule has 0 fully saturated rings. The Kier molecular flexibility index (Phi) is 6.03. The van der Waals surface area contributed by atoms with Crippen LogP contribution in [0.5, 0.6) is 5.75 Å². The van der Waals surface area contributed by atoms with E-state index < -0.39 is 0 Å². The zero-order valence-corrected chi connectivity index (χ0v) is 12.7. The molecule has 0 aromatic heterocycles. The van der Waals surface area contributed by atoms with Crippen LogP contribution in [0.15, 0.2) is 24.3 Å². The molecule has 0 saturated carbocycles. The highest BCUT2D eigenvalue weighted by Gasteiger charge is 2.23. The molecule has 1 atom stereocenters. The van der Waals surface area contributed by atoms with Crippen LogP contribution in [0.3, 0.4) is 0 Å². The summed E-state index contributed by atoms with van der Waals surface area (Å²) < 4.78 is 11.0. The Morgan fingerprint density at radius 3 is 2.56 bits per heavy atom. The molecule has 18 heavy (non-hydrogen) atoms. The quantitative estimate of drug-likeness (QED) is 0.791. The van der Waals surface area contributed by atoms with Gasteiger partial charge in [0, 0.05) is 0 Å². The van der Waals surface area contributed by atoms with Crippen molar-refractivity contribution in [2.24, 2.45) is 11.3 Å². The summed E-state index contributed by atoms with van der Waals surface area (Å²) in [7, 11) is 1.68. The maximum Gasteiger partial charge on any atom is 0.119 e. The Bertz CT molecular complexity index is 358. The molecule has 0 aliphatic heterocycles. The van der Waals surface area contributed by atoms with Gasteiger partial charge in [-0.1, -0.05) is 32.9 Å². The van der Waals surface area contributed by atoms with Crippen LogP contribution in [-0.4, -0.2) is 19.5 Å². The van der Waals surface area contributed by atoms with E-state index in [4.69, 9.17) is 9.47 Å². The lowest BCUT2D eigenvalue weighted by atomic mass is 9.82. The highest BCUT2D eigenvalue weighted by Crippen LogP contribution is 2.27. The summed E-state index contributed by atoms with van der Waals surface area (Å²) in [5.74, 6) is 2.19. The lowest BCUT2D eigenvalue weighted by Crippen LogP contribution is -2.26. The first-order valence-electron chi connectivity index (χ1n) is 6.29. The van der Waals surface area contributed by atoms with Gasteiger partial charge in [-0.2, -0.15) is 12.6 Å². The second-order valence-corrected chi connectivity index (χ2v) is 5.98. The molecule has 0 amide bonds. The SMILES string of the molecule is COc1cccc(COCC(CS)C(C)(C)C)c1. The van der Waals surface area contributed by atoms with Crippen molar-refractivity contribution in [3.05, 3.63) is 29.8 Å². The summed E-state index contributed by atoms with van der Waals surface area (Å²) in [4.78, 5) is 0. The number of rotatable bonds is 6. The van der Waals surface area contributed by atoms with Crippen molar-refractivity contribution in [1.29, 1.82) is 0 Å². The van der Waals surface area contributed by atoms with Crippen LogP contribution in [0.25, 0.3) is 0 Å². The highest BCUT2D eigenvalue weighted by molar-refractivity contribution is 7.80. The molecule has 0 spiro atoms. The number of hydrogen-bond donors (Lipinski definition) is 1. The number of hydrogen-bond acceptors (Lipinski definition) is 3. The topological polar surface area (TPSA) is 18.5 Å². The van der Waals surface area contributed by atoms with E-state index in [0.717, 1.165) is 23.7 Å². The van der Waals surface area contributed by atoms with Crippen molar-refractivity contribution in [3.8, 4) is 5.75 Å². The van der Waals surface area contributed by atoms with E-state index in [0.29, 0.717) is 12.5 Å². The van der Waals surface area contributed by atoms with Gasteiger partial charge in [-0.25, -0.2) is 0 Å². The van der Waals surface area contributed by atoms with Gasteiger partial charge in [-0.05, 0) is 34.8 Å². The number of thiol groups is 1. The fourth-order valence-corrected chi connectivity index (χ4v) is 2.31. The molecule has 1 rings (SSSR count). The third-order valence-electron chi connectivity index (χ3n) is 3.17. The maximum absolute atomic E-state index is 5.79.